The van der Waals surface area contributed by atoms with Crippen molar-refractivity contribution < 1.29 is 18.3 Å². The average Bonchev–Trinajstić information content (AvgIpc) is 2.38. The molecule has 0 aliphatic carbocycles. The van der Waals surface area contributed by atoms with Crippen molar-refractivity contribution in [2.24, 2.45) is 5.92 Å². The number of carboxylic acids is 1. The Kier molecular flexibility index (Phi) is 5.67. The molecule has 1 aromatic rings. The molecule has 0 aromatic heterocycles. The summed E-state index contributed by atoms with van der Waals surface area (Å²) < 4.78 is 25.9. The molecule has 0 fully saturated rings. The highest BCUT2D eigenvalue weighted by atomic mass is 32.2. The van der Waals surface area contributed by atoms with Crippen molar-refractivity contribution in [3.05, 3.63) is 35.4 Å². The number of nitriles is 1. The average molecular weight is 296 g/mol. The maximum Gasteiger partial charge on any atom is 0.306 e. The topological polar surface area (TPSA) is 107 Å². The first-order chi connectivity index (χ1) is 9.34. The van der Waals surface area contributed by atoms with Crippen LogP contribution in [0.4, 0.5) is 0 Å². The fourth-order valence-electron chi connectivity index (χ4n) is 1.50. The van der Waals surface area contributed by atoms with E-state index < -0.39 is 21.9 Å². The Morgan fingerprint density at radius 3 is 2.50 bits per heavy atom. The first-order valence-electron chi connectivity index (χ1n) is 6.03. The van der Waals surface area contributed by atoms with E-state index in [2.05, 4.69) is 4.72 Å². The second kappa shape index (κ2) is 7.03. The molecule has 1 unspecified atom stereocenters. The number of hydrogen-bond acceptors (Lipinski definition) is 4. The third kappa shape index (κ3) is 5.38. The molecule has 1 aromatic carbocycles. The minimum absolute atomic E-state index is 0.0894. The number of aliphatic carboxylic acids is 1. The summed E-state index contributed by atoms with van der Waals surface area (Å²) in [7, 11) is -3.50. The molecular formula is C13H16N2O4S. The van der Waals surface area contributed by atoms with Gasteiger partial charge in [-0.25, -0.2) is 13.1 Å². The van der Waals surface area contributed by atoms with Crippen molar-refractivity contribution in [1.82, 2.24) is 4.72 Å². The standard InChI is InChI=1S/C13H16N2O4S/c1-10(13(16)17)6-7-15-20(18,19)9-12-4-2-11(8-14)3-5-12/h2-5,10,15H,6-7,9H2,1H3,(H,16,17). The number of nitrogens with zero attached hydrogens (tertiary/aromatic N) is 1. The van der Waals surface area contributed by atoms with Crippen LogP contribution in [0.25, 0.3) is 0 Å². The molecule has 0 bridgehead atoms. The van der Waals surface area contributed by atoms with Crippen LogP contribution in [0.2, 0.25) is 0 Å². The number of nitrogens with one attached hydrogen (secondary N) is 1. The summed E-state index contributed by atoms with van der Waals surface area (Å²) in [5, 5.41) is 17.3. The molecule has 1 atom stereocenters. The Labute approximate surface area is 118 Å². The first kappa shape index (κ1) is 16.1. The van der Waals surface area contributed by atoms with Gasteiger partial charge in [0.15, 0.2) is 0 Å². The lowest BCUT2D eigenvalue weighted by Crippen LogP contribution is -2.28. The summed E-state index contributed by atoms with van der Waals surface area (Å²) in [6, 6.07) is 8.22. The Balaban J connectivity index is 2.53. The van der Waals surface area contributed by atoms with Gasteiger partial charge in [-0.2, -0.15) is 5.26 Å². The van der Waals surface area contributed by atoms with Gasteiger partial charge in [-0.1, -0.05) is 19.1 Å². The zero-order valence-corrected chi connectivity index (χ0v) is 11.9. The molecule has 0 spiro atoms. The molecule has 20 heavy (non-hydrogen) atoms. The fraction of sp³-hybridized carbons (Fsp3) is 0.385. The zero-order chi connectivity index (χ0) is 15.2. The van der Waals surface area contributed by atoms with Crippen LogP contribution in [-0.2, 0) is 20.6 Å². The number of carboxylic acid groups (broad SMARTS) is 1. The van der Waals surface area contributed by atoms with Crippen LogP contribution in [0, 0.1) is 17.2 Å². The second-order valence-electron chi connectivity index (χ2n) is 4.49. The molecule has 0 saturated heterocycles. The van der Waals surface area contributed by atoms with Crippen molar-refractivity contribution in [3.63, 3.8) is 0 Å². The third-order valence-corrected chi connectivity index (χ3v) is 4.12. The molecular weight excluding hydrogens is 280 g/mol. The van der Waals surface area contributed by atoms with Gasteiger partial charge in [-0.05, 0) is 24.1 Å². The summed E-state index contributed by atoms with van der Waals surface area (Å²) in [6.45, 7) is 1.61. The summed E-state index contributed by atoms with van der Waals surface area (Å²) >= 11 is 0. The molecule has 2 N–H and O–H groups in total. The lowest BCUT2D eigenvalue weighted by molar-refractivity contribution is -0.141. The zero-order valence-electron chi connectivity index (χ0n) is 11.0. The Morgan fingerprint density at radius 2 is 2.00 bits per heavy atom. The van der Waals surface area contributed by atoms with E-state index in [1.54, 1.807) is 24.3 Å². The predicted molar refractivity (Wildman–Crippen MR) is 73.2 cm³/mol. The highest BCUT2D eigenvalue weighted by molar-refractivity contribution is 7.88. The normalized spacial score (nSPS) is 12.6. The van der Waals surface area contributed by atoms with Crippen molar-refractivity contribution in [3.8, 4) is 6.07 Å². The van der Waals surface area contributed by atoms with Crippen LogP contribution in [0.1, 0.15) is 24.5 Å². The molecule has 0 heterocycles. The lowest BCUT2D eigenvalue weighted by atomic mass is 10.1. The first-order valence-corrected chi connectivity index (χ1v) is 7.68. The number of rotatable bonds is 7. The minimum atomic E-state index is -3.50. The van der Waals surface area contributed by atoms with Gasteiger partial charge in [0.2, 0.25) is 10.0 Å². The van der Waals surface area contributed by atoms with Crippen LogP contribution in [0.3, 0.4) is 0 Å². The Hall–Kier alpha value is -1.91. The van der Waals surface area contributed by atoms with Gasteiger partial charge in [-0.15, -0.1) is 0 Å². The van der Waals surface area contributed by atoms with E-state index in [1.807, 2.05) is 6.07 Å². The summed E-state index contributed by atoms with van der Waals surface area (Å²) in [6.07, 6.45) is 0.238. The van der Waals surface area contributed by atoms with Crippen LogP contribution < -0.4 is 4.72 Å². The maximum absolute atomic E-state index is 11.8. The molecule has 108 valence electrons. The molecule has 1 rings (SSSR count). The smallest absolute Gasteiger partial charge is 0.306 e. The van der Waals surface area contributed by atoms with E-state index in [0.29, 0.717) is 11.1 Å². The molecule has 0 aliphatic heterocycles. The van der Waals surface area contributed by atoms with Crippen LogP contribution in [0.15, 0.2) is 24.3 Å². The summed E-state index contributed by atoms with van der Waals surface area (Å²) in [4.78, 5) is 10.6. The van der Waals surface area contributed by atoms with Crippen LogP contribution in [-0.4, -0.2) is 26.0 Å². The van der Waals surface area contributed by atoms with Crippen molar-refractivity contribution in [2.45, 2.75) is 19.1 Å². The molecule has 0 amide bonds. The van der Waals surface area contributed by atoms with Crippen LogP contribution >= 0.6 is 0 Å². The highest BCUT2D eigenvalue weighted by Gasteiger charge is 2.14. The largest absolute Gasteiger partial charge is 0.481 e. The third-order valence-electron chi connectivity index (χ3n) is 2.76. The summed E-state index contributed by atoms with van der Waals surface area (Å²) in [5.74, 6) is -1.73. The molecule has 7 heteroatoms. The lowest BCUT2D eigenvalue weighted by Gasteiger charge is -2.09. The predicted octanol–water partition coefficient (Wildman–Crippen LogP) is 1.09. The fourth-order valence-corrected chi connectivity index (χ4v) is 2.66. The SMILES string of the molecule is CC(CCNS(=O)(=O)Cc1ccc(C#N)cc1)C(=O)O. The van der Waals surface area contributed by atoms with Crippen molar-refractivity contribution in [2.75, 3.05) is 6.54 Å². The van der Waals surface area contributed by atoms with E-state index in [0.717, 1.165) is 0 Å². The van der Waals surface area contributed by atoms with Crippen LogP contribution in [0.5, 0.6) is 0 Å². The van der Waals surface area contributed by atoms with Crippen molar-refractivity contribution >= 4 is 16.0 Å². The maximum atomic E-state index is 11.8. The Bertz CT molecular complexity index is 602. The molecule has 6 nitrogen and oxygen atoms in total. The highest BCUT2D eigenvalue weighted by Crippen LogP contribution is 2.08. The molecule has 0 aliphatic rings. The van der Waals surface area contributed by atoms with E-state index in [4.69, 9.17) is 10.4 Å². The Morgan fingerprint density at radius 1 is 1.40 bits per heavy atom. The number of carbonyl (C=O) groups is 1. The van der Waals surface area contributed by atoms with Gasteiger partial charge in [-0.3, -0.25) is 4.79 Å². The number of benzene rings is 1. The van der Waals surface area contributed by atoms with E-state index in [-0.39, 0.29) is 18.7 Å². The quantitative estimate of drug-likeness (QED) is 0.783. The number of hydrogen-bond donors (Lipinski definition) is 2. The van der Waals surface area contributed by atoms with Gasteiger partial charge in [0.25, 0.3) is 0 Å². The number of sulfonamides is 1. The van der Waals surface area contributed by atoms with E-state index in [9.17, 15) is 13.2 Å². The van der Waals surface area contributed by atoms with Gasteiger partial charge in [0.05, 0.1) is 23.3 Å². The second-order valence-corrected chi connectivity index (χ2v) is 6.30. The molecule has 0 saturated carbocycles. The molecule has 0 radical (unpaired) electrons. The minimum Gasteiger partial charge on any atom is -0.481 e. The summed E-state index contributed by atoms with van der Waals surface area (Å²) in [5.41, 5.74) is 1.04. The monoisotopic (exact) mass is 296 g/mol. The van der Waals surface area contributed by atoms with Gasteiger partial charge >= 0.3 is 5.97 Å². The van der Waals surface area contributed by atoms with Crippen molar-refractivity contribution in [1.29, 1.82) is 5.26 Å². The van der Waals surface area contributed by atoms with E-state index in [1.165, 1.54) is 6.92 Å². The van der Waals surface area contributed by atoms with Gasteiger partial charge < -0.3 is 5.11 Å². The van der Waals surface area contributed by atoms with Gasteiger partial charge in [0, 0.05) is 6.54 Å². The van der Waals surface area contributed by atoms with Gasteiger partial charge in [0.1, 0.15) is 0 Å². The van der Waals surface area contributed by atoms with E-state index >= 15 is 0 Å².